The van der Waals surface area contributed by atoms with E-state index < -0.39 is 0 Å². The van der Waals surface area contributed by atoms with E-state index in [9.17, 15) is 9.90 Å². The van der Waals surface area contributed by atoms with E-state index in [-0.39, 0.29) is 12.0 Å². The van der Waals surface area contributed by atoms with Crippen LogP contribution in [0.5, 0.6) is 0 Å². The molecule has 0 bridgehead atoms. The molecule has 0 spiro atoms. The monoisotopic (exact) mass is 278 g/mol. The number of rotatable bonds is 8. The second kappa shape index (κ2) is 8.72. The van der Waals surface area contributed by atoms with E-state index in [0.29, 0.717) is 6.42 Å². The molecule has 0 saturated carbocycles. The lowest BCUT2D eigenvalue weighted by Crippen LogP contribution is -2.24. The van der Waals surface area contributed by atoms with E-state index in [0.717, 1.165) is 37.2 Å². The molecule has 20 heavy (non-hydrogen) atoms. The molecule has 2 N–H and O–H groups in total. The predicted molar refractivity (Wildman–Crippen MR) is 82.8 cm³/mol. The highest BCUT2D eigenvalue weighted by Gasteiger charge is 2.05. The van der Waals surface area contributed by atoms with Gasteiger partial charge in [0.2, 0.25) is 5.91 Å². The van der Waals surface area contributed by atoms with Gasteiger partial charge in [-0.15, -0.1) is 0 Å². The molecule has 0 saturated heterocycles. The van der Waals surface area contributed by atoms with Gasteiger partial charge < -0.3 is 15.3 Å². The van der Waals surface area contributed by atoms with Gasteiger partial charge >= 0.3 is 0 Å². The first kappa shape index (κ1) is 16.7. The van der Waals surface area contributed by atoms with E-state index in [4.69, 9.17) is 0 Å². The first-order valence-corrected chi connectivity index (χ1v) is 7.20. The number of carbonyl (C=O) groups excluding carboxylic acids is 1. The fourth-order valence-electron chi connectivity index (χ4n) is 1.97. The third-order valence-corrected chi connectivity index (χ3v) is 3.17. The molecule has 1 unspecified atom stereocenters. The van der Waals surface area contributed by atoms with Crippen LogP contribution in [0.2, 0.25) is 0 Å². The van der Waals surface area contributed by atoms with E-state index >= 15 is 0 Å². The van der Waals surface area contributed by atoms with Crippen molar-refractivity contribution >= 4 is 11.6 Å². The molecule has 0 aliphatic carbocycles. The Labute approximate surface area is 121 Å². The van der Waals surface area contributed by atoms with Gasteiger partial charge in [0.25, 0.3) is 0 Å². The molecular weight excluding hydrogens is 252 g/mol. The van der Waals surface area contributed by atoms with Gasteiger partial charge in [0.1, 0.15) is 0 Å². The van der Waals surface area contributed by atoms with Crippen molar-refractivity contribution in [3.63, 3.8) is 0 Å². The number of hydrogen-bond donors (Lipinski definition) is 2. The van der Waals surface area contributed by atoms with Crippen molar-refractivity contribution in [2.75, 3.05) is 25.5 Å². The minimum atomic E-state index is -0.262. The second-order valence-electron chi connectivity index (χ2n) is 5.46. The number of anilines is 1. The number of aryl methyl sites for hydroxylation is 1. The van der Waals surface area contributed by atoms with Crippen LogP contribution in [-0.4, -0.2) is 42.2 Å². The third kappa shape index (κ3) is 7.26. The molecule has 0 heterocycles. The number of nitrogens with one attached hydrogen (secondary N) is 1. The van der Waals surface area contributed by atoms with Crippen molar-refractivity contribution in [1.82, 2.24) is 4.90 Å². The summed E-state index contributed by atoms with van der Waals surface area (Å²) < 4.78 is 0. The summed E-state index contributed by atoms with van der Waals surface area (Å²) in [5.41, 5.74) is 2.00. The summed E-state index contributed by atoms with van der Waals surface area (Å²) in [5, 5.41) is 12.1. The highest BCUT2D eigenvalue weighted by Crippen LogP contribution is 2.10. The zero-order valence-corrected chi connectivity index (χ0v) is 12.7. The van der Waals surface area contributed by atoms with Crippen molar-refractivity contribution in [3.8, 4) is 0 Å². The summed E-state index contributed by atoms with van der Waals surface area (Å²) in [7, 11) is 2.01. The van der Waals surface area contributed by atoms with Crippen LogP contribution in [0.15, 0.2) is 24.3 Å². The largest absolute Gasteiger partial charge is 0.393 e. The van der Waals surface area contributed by atoms with Crippen LogP contribution in [0, 0.1) is 6.92 Å². The maximum absolute atomic E-state index is 11.8. The maximum atomic E-state index is 11.8. The summed E-state index contributed by atoms with van der Waals surface area (Å²) >= 11 is 0. The average Bonchev–Trinajstić information content (AvgIpc) is 2.36. The van der Waals surface area contributed by atoms with Gasteiger partial charge in [-0.3, -0.25) is 4.79 Å². The SMILES string of the molecule is Cc1cccc(NC(=O)CCCN(C)CCC(C)O)c1. The maximum Gasteiger partial charge on any atom is 0.224 e. The fourth-order valence-corrected chi connectivity index (χ4v) is 1.97. The number of benzene rings is 1. The Hall–Kier alpha value is -1.39. The Morgan fingerprint density at radius 2 is 2.15 bits per heavy atom. The Morgan fingerprint density at radius 1 is 1.40 bits per heavy atom. The lowest BCUT2D eigenvalue weighted by molar-refractivity contribution is -0.116. The summed E-state index contributed by atoms with van der Waals surface area (Å²) in [6.45, 7) is 5.53. The zero-order valence-electron chi connectivity index (χ0n) is 12.7. The summed E-state index contributed by atoms with van der Waals surface area (Å²) in [6, 6.07) is 7.81. The molecule has 0 aliphatic rings. The van der Waals surface area contributed by atoms with Crippen LogP contribution >= 0.6 is 0 Å². The zero-order chi connectivity index (χ0) is 15.0. The molecule has 0 aliphatic heterocycles. The Kier molecular flexibility index (Phi) is 7.26. The molecule has 112 valence electrons. The normalized spacial score (nSPS) is 12.4. The van der Waals surface area contributed by atoms with E-state index in [1.165, 1.54) is 0 Å². The van der Waals surface area contributed by atoms with E-state index in [1.54, 1.807) is 6.92 Å². The lowest BCUT2D eigenvalue weighted by atomic mass is 10.2. The topological polar surface area (TPSA) is 52.6 Å². The quantitative estimate of drug-likeness (QED) is 0.768. The Bertz CT molecular complexity index is 419. The molecule has 1 amide bonds. The second-order valence-corrected chi connectivity index (χ2v) is 5.46. The molecule has 0 fully saturated rings. The number of nitrogens with zero attached hydrogens (tertiary/aromatic N) is 1. The van der Waals surface area contributed by atoms with Crippen molar-refractivity contribution < 1.29 is 9.90 Å². The highest BCUT2D eigenvalue weighted by molar-refractivity contribution is 5.90. The van der Waals surface area contributed by atoms with Gasteiger partial charge in [0.15, 0.2) is 0 Å². The van der Waals surface area contributed by atoms with Crippen molar-refractivity contribution in [2.24, 2.45) is 0 Å². The summed E-state index contributed by atoms with van der Waals surface area (Å²) in [6.07, 6.45) is 1.86. The van der Waals surface area contributed by atoms with Gasteiger partial charge in [0, 0.05) is 18.7 Å². The first-order chi connectivity index (χ1) is 9.47. The predicted octanol–water partition coefficient (Wildman–Crippen LogP) is 2.42. The van der Waals surface area contributed by atoms with Crippen molar-refractivity contribution in [2.45, 2.75) is 39.2 Å². The van der Waals surface area contributed by atoms with Crippen LogP contribution in [-0.2, 0) is 4.79 Å². The number of hydrogen-bond acceptors (Lipinski definition) is 3. The highest BCUT2D eigenvalue weighted by atomic mass is 16.3. The van der Waals surface area contributed by atoms with Gasteiger partial charge in [-0.25, -0.2) is 0 Å². The summed E-state index contributed by atoms with van der Waals surface area (Å²) in [5.74, 6) is 0.0551. The number of amides is 1. The first-order valence-electron chi connectivity index (χ1n) is 7.20. The van der Waals surface area contributed by atoms with Crippen LogP contribution in [0.25, 0.3) is 0 Å². The molecule has 1 aromatic carbocycles. The number of carbonyl (C=O) groups is 1. The molecule has 4 heteroatoms. The molecule has 0 aromatic heterocycles. The number of aliphatic hydroxyl groups is 1. The van der Waals surface area contributed by atoms with E-state index in [1.807, 2.05) is 38.2 Å². The van der Waals surface area contributed by atoms with Crippen LogP contribution in [0.4, 0.5) is 5.69 Å². The van der Waals surface area contributed by atoms with Crippen LogP contribution in [0.1, 0.15) is 31.7 Å². The lowest BCUT2D eigenvalue weighted by Gasteiger charge is -2.17. The minimum absolute atomic E-state index is 0.0551. The number of aliphatic hydroxyl groups excluding tert-OH is 1. The summed E-state index contributed by atoms with van der Waals surface area (Å²) in [4.78, 5) is 13.9. The van der Waals surface area contributed by atoms with Crippen molar-refractivity contribution in [1.29, 1.82) is 0 Å². The van der Waals surface area contributed by atoms with Crippen molar-refractivity contribution in [3.05, 3.63) is 29.8 Å². The molecule has 4 nitrogen and oxygen atoms in total. The van der Waals surface area contributed by atoms with Gasteiger partial charge in [0.05, 0.1) is 6.10 Å². The smallest absolute Gasteiger partial charge is 0.224 e. The molecule has 1 atom stereocenters. The molecule has 0 radical (unpaired) electrons. The average molecular weight is 278 g/mol. The molecular formula is C16H26N2O2. The van der Waals surface area contributed by atoms with Crippen LogP contribution < -0.4 is 5.32 Å². The Morgan fingerprint density at radius 3 is 2.80 bits per heavy atom. The standard InChI is InChI=1S/C16H26N2O2/c1-13-6-4-7-15(12-13)17-16(20)8-5-10-18(3)11-9-14(2)19/h4,6-7,12,14,19H,5,8-11H2,1-3H3,(H,17,20). The van der Waals surface area contributed by atoms with Gasteiger partial charge in [-0.2, -0.15) is 0 Å². The minimum Gasteiger partial charge on any atom is -0.393 e. The fraction of sp³-hybridized carbons (Fsp3) is 0.562. The molecule has 1 aromatic rings. The van der Waals surface area contributed by atoms with Gasteiger partial charge in [-0.05, 0) is 58.0 Å². The van der Waals surface area contributed by atoms with Gasteiger partial charge in [-0.1, -0.05) is 12.1 Å². The third-order valence-electron chi connectivity index (χ3n) is 3.17. The Balaban J connectivity index is 2.20. The van der Waals surface area contributed by atoms with E-state index in [2.05, 4.69) is 10.2 Å². The van der Waals surface area contributed by atoms with Crippen LogP contribution in [0.3, 0.4) is 0 Å². The molecule has 1 rings (SSSR count).